The fourth-order valence-electron chi connectivity index (χ4n) is 0.814. The number of carbonyl (C=O) groups is 2. The van der Waals surface area contributed by atoms with Gasteiger partial charge in [-0.2, -0.15) is 0 Å². The van der Waals surface area contributed by atoms with Crippen molar-refractivity contribution in [3.8, 4) is 0 Å². The number of hydrogen-bond donors (Lipinski definition) is 1. The van der Waals surface area contributed by atoms with Gasteiger partial charge in [0.1, 0.15) is 0 Å². The summed E-state index contributed by atoms with van der Waals surface area (Å²) in [6, 6.07) is 0. The van der Waals surface area contributed by atoms with Gasteiger partial charge in [-0.05, 0) is 6.42 Å². The van der Waals surface area contributed by atoms with Crippen LogP contribution in [0.4, 0.5) is 0 Å². The molecule has 1 unspecified atom stereocenters. The van der Waals surface area contributed by atoms with Crippen molar-refractivity contribution in [1.29, 1.82) is 0 Å². The number of carboxylic acids is 1. The molecule has 0 bridgehead atoms. The van der Waals surface area contributed by atoms with Crippen LogP contribution in [-0.2, 0) is 9.59 Å². The third kappa shape index (κ3) is 4.34. The number of carbonyl (C=O) groups excluding carboxylic acids is 1. The van der Waals surface area contributed by atoms with Crippen molar-refractivity contribution in [2.24, 2.45) is 0 Å². The van der Waals surface area contributed by atoms with Crippen molar-refractivity contribution in [2.45, 2.75) is 38.0 Å². The first-order chi connectivity index (χ1) is 5.59. The summed E-state index contributed by atoms with van der Waals surface area (Å²) in [6.07, 6.45) is 2.95. The molecule has 0 rings (SSSR count). The highest BCUT2D eigenvalue weighted by Gasteiger charge is 2.21. The maximum absolute atomic E-state index is 10.9. The minimum atomic E-state index is -1.36. The second-order valence-electron chi connectivity index (χ2n) is 2.62. The molecule has 0 spiro atoms. The molecule has 12 heavy (non-hydrogen) atoms. The van der Waals surface area contributed by atoms with Gasteiger partial charge in [-0.25, -0.2) is 0 Å². The van der Waals surface area contributed by atoms with Gasteiger partial charge in [-0.15, -0.1) is 11.6 Å². The van der Waals surface area contributed by atoms with Crippen LogP contribution in [0.2, 0.25) is 0 Å². The summed E-state index contributed by atoms with van der Waals surface area (Å²) in [5, 5.41) is 7.00. The SMILES string of the molecule is CCCCCC(=O)C(Cl)C(=O)O. The van der Waals surface area contributed by atoms with E-state index in [1.165, 1.54) is 0 Å². The number of aliphatic carboxylic acids is 1. The molecule has 0 amide bonds. The van der Waals surface area contributed by atoms with Crippen LogP contribution >= 0.6 is 11.6 Å². The first-order valence-electron chi connectivity index (χ1n) is 3.99. The van der Waals surface area contributed by atoms with Gasteiger partial charge in [-0.3, -0.25) is 9.59 Å². The Hall–Kier alpha value is -0.570. The average molecular weight is 193 g/mol. The van der Waals surface area contributed by atoms with Crippen molar-refractivity contribution in [1.82, 2.24) is 0 Å². The largest absolute Gasteiger partial charge is 0.480 e. The number of carboxylic acid groups (broad SMARTS) is 1. The van der Waals surface area contributed by atoms with E-state index in [1.807, 2.05) is 6.92 Å². The molecule has 4 heteroatoms. The Morgan fingerprint density at radius 2 is 2.00 bits per heavy atom. The first kappa shape index (κ1) is 11.4. The van der Waals surface area contributed by atoms with Gasteiger partial charge in [0.05, 0.1) is 0 Å². The van der Waals surface area contributed by atoms with Crippen molar-refractivity contribution in [2.75, 3.05) is 0 Å². The summed E-state index contributed by atoms with van der Waals surface area (Å²) in [6.45, 7) is 2.01. The zero-order chi connectivity index (χ0) is 9.56. The Morgan fingerprint density at radius 3 is 2.42 bits per heavy atom. The molecule has 3 nitrogen and oxygen atoms in total. The molecule has 0 aromatic heterocycles. The van der Waals surface area contributed by atoms with Gasteiger partial charge in [0.25, 0.3) is 0 Å². The maximum atomic E-state index is 10.9. The molecule has 0 fully saturated rings. The van der Waals surface area contributed by atoms with Crippen LogP contribution < -0.4 is 0 Å². The lowest BCUT2D eigenvalue weighted by Crippen LogP contribution is -2.23. The molecule has 0 aliphatic carbocycles. The van der Waals surface area contributed by atoms with Crippen molar-refractivity contribution in [3.63, 3.8) is 0 Å². The Balaban J connectivity index is 3.65. The summed E-state index contributed by atoms with van der Waals surface area (Å²) in [7, 11) is 0. The Labute approximate surface area is 76.7 Å². The van der Waals surface area contributed by atoms with Gasteiger partial charge in [0.15, 0.2) is 11.2 Å². The average Bonchev–Trinajstić information content (AvgIpc) is 2.03. The summed E-state index contributed by atoms with van der Waals surface area (Å²) >= 11 is 5.30. The topological polar surface area (TPSA) is 54.4 Å². The van der Waals surface area contributed by atoms with E-state index < -0.39 is 17.1 Å². The van der Waals surface area contributed by atoms with E-state index in [9.17, 15) is 9.59 Å². The minimum absolute atomic E-state index is 0.272. The van der Waals surface area contributed by atoms with Crippen molar-refractivity contribution >= 4 is 23.4 Å². The number of alkyl halides is 1. The standard InChI is InChI=1S/C8H13ClO3/c1-2-3-4-5-6(10)7(9)8(11)12/h7H,2-5H2,1H3,(H,11,12). The van der Waals surface area contributed by atoms with Crippen LogP contribution in [0.3, 0.4) is 0 Å². The summed E-state index contributed by atoms with van der Waals surface area (Å²) in [5.41, 5.74) is 0. The number of unbranched alkanes of at least 4 members (excludes halogenated alkanes) is 2. The van der Waals surface area contributed by atoms with E-state index in [4.69, 9.17) is 16.7 Å². The molecule has 0 heterocycles. The number of rotatable bonds is 6. The smallest absolute Gasteiger partial charge is 0.329 e. The highest BCUT2D eigenvalue weighted by Crippen LogP contribution is 2.06. The van der Waals surface area contributed by atoms with Gasteiger partial charge in [0.2, 0.25) is 0 Å². The third-order valence-corrected chi connectivity index (χ3v) is 1.96. The van der Waals surface area contributed by atoms with Crippen molar-refractivity contribution < 1.29 is 14.7 Å². The van der Waals surface area contributed by atoms with Crippen LogP contribution in [0.5, 0.6) is 0 Å². The molecule has 0 aliphatic rings. The molecule has 0 saturated heterocycles. The quantitative estimate of drug-likeness (QED) is 0.397. The van der Waals surface area contributed by atoms with Crippen LogP contribution in [0.15, 0.2) is 0 Å². The van der Waals surface area contributed by atoms with Crippen LogP contribution in [0.1, 0.15) is 32.6 Å². The predicted molar refractivity (Wildman–Crippen MR) is 46.4 cm³/mol. The Morgan fingerprint density at radius 1 is 1.42 bits per heavy atom. The second-order valence-corrected chi connectivity index (χ2v) is 3.06. The van der Waals surface area contributed by atoms with E-state index in [1.54, 1.807) is 0 Å². The van der Waals surface area contributed by atoms with E-state index in [-0.39, 0.29) is 6.42 Å². The van der Waals surface area contributed by atoms with Gasteiger partial charge in [0, 0.05) is 6.42 Å². The van der Waals surface area contributed by atoms with E-state index in [2.05, 4.69) is 0 Å². The molecule has 0 aromatic rings. The molecule has 70 valence electrons. The minimum Gasteiger partial charge on any atom is -0.480 e. The van der Waals surface area contributed by atoms with E-state index in [0.29, 0.717) is 0 Å². The molecule has 0 aromatic carbocycles. The highest BCUT2D eigenvalue weighted by molar-refractivity contribution is 6.40. The summed E-state index contributed by atoms with van der Waals surface area (Å²) < 4.78 is 0. The van der Waals surface area contributed by atoms with E-state index >= 15 is 0 Å². The number of hydrogen-bond acceptors (Lipinski definition) is 2. The van der Waals surface area contributed by atoms with Crippen LogP contribution in [-0.4, -0.2) is 22.2 Å². The molecule has 1 N–H and O–H groups in total. The first-order valence-corrected chi connectivity index (χ1v) is 4.42. The summed E-state index contributed by atoms with van der Waals surface area (Å²) in [5.74, 6) is -1.64. The highest BCUT2D eigenvalue weighted by atomic mass is 35.5. The van der Waals surface area contributed by atoms with Crippen molar-refractivity contribution in [3.05, 3.63) is 0 Å². The van der Waals surface area contributed by atoms with Gasteiger partial charge < -0.3 is 5.11 Å². The Bertz CT molecular complexity index is 168. The maximum Gasteiger partial charge on any atom is 0.329 e. The normalized spacial score (nSPS) is 12.5. The molecule has 0 saturated carbocycles. The molecule has 0 radical (unpaired) electrons. The lowest BCUT2D eigenvalue weighted by atomic mass is 10.1. The second kappa shape index (κ2) is 6.00. The van der Waals surface area contributed by atoms with Gasteiger partial charge >= 0.3 is 5.97 Å². The lowest BCUT2D eigenvalue weighted by Gasteiger charge is -2.01. The number of ketones is 1. The fourth-order valence-corrected chi connectivity index (χ4v) is 0.923. The number of halogens is 1. The fraction of sp³-hybridized carbons (Fsp3) is 0.750. The molecular weight excluding hydrogens is 180 g/mol. The Kier molecular flexibility index (Phi) is 5.72. The monoisotopic (exact) mass is 192 g/mol. The lowest BCUT2D eigenvalue weighted by molar-refractivity contribution is -0.139. The van der Waals surface area contributed by atoms with Crippen LogP contribution in [0, 0.1) is 0 Å². The zero-order valence-electron chi connectivity index (χ0n) is 7.05. The summed E-state index contributed by atoms with van der Waals surface area (Å²) in [4.78, 5) is 21.2. The van der Waals surface area contributed by atoms with Crippen LogP contribution in [0.25, 0.3) is 0 Å². The van der Waals surface area contributed by atoms with E-state index in [0.717, 1.165) is 19.3 Å². The molecular formula is C8H13ClO3. The predicted octanol–water partition coefficient (Wildman–Crippen LogP) is 1.83. The van der Waals surface area contributed by atoms with Gasteiger partial charge in [-0.1, -0.05) is 19.8 Å². The third-order valence-electron chi connectivity index (χ3n) is 1.53. The molecule has 0 aliphatic heterocycles. The molecule has 1 atom stereocenters. The zero-order valence-corrected chi connectivity index (χ0v) is 7.80. The number of Topliss-reactive ketones (excluding diaryl/α,β-unsaturated/α-hetero) is 1.